The van der Waals surface area contributed by atoms with Crippen molar-refractivity contribution in [2.45, 2.75) is 25.4 Å². The summed E-state index contributed by atoms with van der Waals surface area (Å²) in [4.78, 5) is 22.6. The summed E-state index contributed by atoms with van der Waals surface area (Å²) in [6, 6.07) is 6.05. The van der Waals surface area contributed by atoms with Crippen molar-refractivity contribution in [1.82, 2.24) is 20.2 Å². The molecule has 0 bridgehead atoms. The summed E-state index contributed by atoms with van der Waals surface area (Å²) in [5.41, 5.74) is 1.09. The molecule has 0 saturated carbocycles. The Kier molecular flexibility index (Phi) is 4.97. The van der Waals surface area contributed by atoms with Crippen LogP contribution in [0.3, 0.4) is 0 Å². The number of likely N-dealkylation sites (tertiary alicyclic amines) is 1. The second kappa shape index (κ2) is 7.33. The Morgan fingerprint density at radius 3 is 2.82 bits per heavy atom. The SMILES string of the molecule is O=C(Nc1nccs1)NC1CCN(Cc2ccccn2)CC1. The Labute approximate surface area is 133 Å². The number of rotatable bonds is 4. The number of piperidine rings is 1. The van der Waals surface area contributed by atoms with Gasteiger partial charge in [-0.25, -0.2) is 9.78 Å². The van der Waals surface area contributed by atoms with Crippen molar-refractivity contribution < 1.29 is 4.79 Å². The first-order chi connectivity index (χ1) is 10.8. The van der Waals surface area contributed by atoms with E-state index in [1.807, 2.05) is 29.8 Å². The van der Waals surface area contributed by atoms with Gasteiger partial charge in [0.2, 0.25) is 0 Å². The van der Waals surface area contributed by atoms with Gasteiger partial charge in [0.25, 0.3) is 0 Å². The number of aromatic nitrogens is 2. The molecule has 0 radical (unpaired) electrons. The van der Waals surface area contributed by atoms with Crippen LogP contribution in [-0.4, -0.2) is 40.0 Å². The van der Waals surface area contributed by atoms with E-state index in [4.69, 9.17) is 0 Å². The molecular weight excluding hydrogens is 298 g/mol. The summed E-state index contributed by atoms with van der Waals surface area (Å²) in [6.45, 7) is 2.82. The average Bonchev–Trinajstić information content (AvgIpc) is 3.03. The standard InChI is InChI=1S/C15H19N5OS/c21-14(19-15-17-7-10-22-15)18-12-4-8-20(9-5-12)11-13-3-1-2-6-16-13/h1-3,6-7,10,12H,4-5,8-9,11H2,(H2,17,18,19,21). The van der Waals surface area contributed by atoms with Crippen molar-refractivity contribution in [2.24, 2.45) is 0 Å². The fourth-order valence-electron chi connectivity index (χ4n) is 2.56. The summed E-state index contributed by atoms with van der Waals surface area (Å²) in [5.74, 6) is 0. The van der Waals surface area contributed by atoms with Gasteiger partial charge in [-0.15, -0.1) is 11.3 Å². The van der Waals surface area contributed by atoms with E-state index >= 15 is 0 Å². The molecule has 2 amide bonds. The molecule has 2 aromatic rings. The van der Waals surface area contributed by atoms with Crippen LogP contribution in [0, 0.1) is 0 Å². The predicted molar refractivity (Wildman–Crippen MR) is 86.8 cm³/mol. The number of amides is 2. The first kappa shape index (κ1) is 14.9. The molecular formula is C15H19N5OS. The van der Waals surface area contributed by atoms with E-state index < -0.39 is 0 Å². The zero-order valence-corrected chi connectivity index (χ0v) is 13.1. The van der Waals surface area contributed by atoms with Gasteiger partial charge in [0.1, 0.15) is 0 Å². The number of thiazole rings is 1. The van der Waals surface area contributed by atoms with Gasteiger partial charge >= 0.3 is 6.03 Å². The summed E-state index contributed by atoms with van der Waals surface area (Å²) in [6.07, 6.45) is 5.42. The third-order valence-electron chi connectivity index (χ3n) is 3.69. The lowest BCUT2D eigenvalue weighted by atomic mass is 10.1. The molecule has 2 aromatic heterocycles. The number of anilines is 1. The smallest absolute Gasteiger partial charge is 0.321 e. The Balaban J connectivity index is 1.41. The number of carbonyl (C=O) groups is 1. The van der Waals surface area contributed by atoms with Crippen molar-refractivity contribution in [2.75, 3.05) is 18.4 Å². The lowest BCUT2D eigenvalue weighted by molar-refractivity contribution is 0.188. The molecule has 116 valence electrons. The highest BCUT2D eigenvalue weighted by Gasteiger charge is 2.21. The van der Waals surface area contributed by atoms with Crippen LogP contribution in [0.4, 0.5) is 9.93 Å². The molecule has 6 nitrogen and oxygen atoms in total. The molecule has 0 atom stereocenters. The molecule has 3 heterocycles. The zero-order valence-electron chi connectivity index (χ0n) is 12.2. The van der Waals surface area contributed by atoms with Crippen LogP contribution < -0.4 is 10.6 Å². The number of hydrogen-bond donors (Lipinski definition) is 2. The lowest BCUT2D eigenvalue weighted by Gasteiger charge is -2.32. The molecule has 3 rings (SSSR count). The van der Waals surface area contributed by atoms with E-state index in [9.17, 15) is 4.79 Å². The summed E-state index contributed by atoms with van der Waals surface area (Å²) < 4.78 is 0. The molecule has 2 N–H and O–H groups in total. The minimum Gasteiger partial charge on any atom is -0.335 e. The Bertz CT molecular complexity index is 581. The third kappa shape index (κ3) is 4.25. The van der Waals surface area contributed by atoms with Crippen LogP contribution in [0.1, 0.15) is 18.5 Å². The number of carbonyl (C=O) groups excluding carboxylic acids is 1. The molecule has 0 spiro atoms. The van der Waals surface area contributed by atoms with Crippen LogP contribution in [0.15, 0.2) is 36.0 Å². The van der Waals surface area contributed by atoms with Gasteiger partial charge < -0.3 is 5.32 Å². The second-order valence-electron chi connectivity index (χ2n) is 5.31. The van der Waals surface area contributed by atoms with Gasteiger partial charge in [-0.3, -0.25) is 15.2 Å². The van der Waals surface area contributed by atoms with Crippen molar-refractivity contribution in [3.63, 3.8) is 0 Å². The fraction of sp³-hybridized carbons (Fsp3) is 0.400. The molecule has 22 heavy (non-hydrogen) atoms. The van der Waals surface area contributed by atoms with E-state index in [1.54, 1.807) is 6.20 Å². The van der Waals surface area contributed by atoms with Gasteiger partial charge in [-0.05, 0) is 25.0 Å². The predicted octanol–water partition coefficient (Wildman–Crippen LogP) is 2.32. The summed E-state index contributed by atoms with van der Waals surface area (Å²) in [5, 5.41) is 8.24. The number of pyridine rings is 1. The maximum Gasteiger partial charge on any atom is 0.321 e. The minimum atomic E-state index is -0.168. The maximum atomic E-state index is 11.9. The largest absolute Gasteiger partial charge is 0.335 e. The molecule has 0 unspecified atom stereocenters. The monoisotopic (exact) mass is 317 g/mol. The Hall–Kier alpha value is -1.99. The van der Waals surface area contributed by atoms with Crippen LogP contribution in [0.25, 0.3) is 0 Å². The van der Waals surface area contributed by atoms with E-state index in [0.717, 1.165) is 38.2 Å². The van der Waals surface area contributed by atoms with Crippen LogP contribution in [0.2, 0.25) is 0 Å². The number of hydrogen-bond acceptors (Lipinski definition) is 5. The molecule has 7 heteroatoms. The van der Waals surface area contributed by atoms with Gasteiger partial charge in [-0.1, -0.05) is 6.07 Å². The Morgan fingerprint density at radius 2 is 2.14 bits per heavy atom. The minimum absolute atomic E-state index is 0.168. The van der Waals surface area contributed by atoms with Crippen molar-refractivity contribution in [1.29, 1.82) is 0 Å². The average molecular weight is 317 g/mol. The van der Waals surface area contributed by atoms with Crippen molar-refractivity contribution in [3.8, 4) is 0 Å². The zero-order chi connectivity index (χ0) is 15.2. The van der Waals surface area contributed by atoms with Crippen LogP contribution in [0.5, 0.6) is 0 Å². The van der Waals surface area contributed by atoms with Crippen molar-refractivity contribution >= 4 is 22.5 Å². The fourth-order valence-corrected chi connectivity index (χ4v) is 3.08. The van der Waals surface area contributed by atoms with Gasteiger partial charge in [0.05, 0.1) is 5.69 Å². The number of nitrogens with one attached hydrogen (secondary N) is 2. The third-order valence-corrected chi connectivity index (χ3v) is 4.38. The Morgan fingerprint density at radius 1 is 1.27 bits per heavy atom. The van der Waals surface area contributed by atoms with Crippen LogP contribution in [-0.2, 0) is 6.54 Å². The molecule has 0 aromatic carbocycles. The van der Waals surface area contributed by atoms with Gasteiger partial charge in [0.15, 0.2) is 5.13 Å². The second-order valence-corrected chi connectivity index (χ2v) is 6.20. The maximum absolute atomic E-state index is 11.9. The van der Waals surface area contributed by atoms with E-state index in [1.165, 1.54) is 11.3 Å². The van der Waals surface area contributed by atoms with Crippen LogP contribution >= 0.6 is 11.3 Å². The normalized spacial score (nSPS) is 16.4. The molecule has 1 aliphatic heterocycles. The molecule has 1 saturated heterocycles. The van der Waals surface area contributed by atoms with E-state index in [-0.39, 0.29) is 12.1 Å². The number of nitrogens with zero attached hydrogens (tertiary/aromatic N) is 3. The molecule has 0 aliphatic carbocycles. The molecule has 1 aliphatic rings. The topological polar surface area (TPSA) is 70.2 Å². The highest BCUT2D eigenvalue weighted by molar-refractivity contribution is 7.13. The lowest BCUT2D eigenvalue weighted by Crippen LogP contribution is -2.45. The van der Waals surface area contributed by atoms with E-state index in [0.29, 0.717) is 5.13 Å². The highest BCUT2D eigenvalue weighted by atomic mass is 32.1. The van der Waals surface area contributed by atoms with Crippen molar-refractivity contribution in [3.05, 3.63) is 41.7 Å². The van der Waals surface area contributed by atoms with E-state index in [2.05, 4.69) is 25.5 Å². The summed E-state index contributed by atoms with van der Waals surface area (Å²) in [7, 11) is 0. The highest BCUT2D eigenvalue weighted by Crippen LogP contribution is 2.14. The van der Waals surface area contributed by atoms with Gasteiger partial charge in [-0.2, -0.15) is 0 Å². The first-order valence-electron chi connectivity index (χ1n) is 7.39. The first-order valence-corrected chi connectivity index (χ1v) is 8.27. The van der Waals surface area contributed by atoms with Gasteiger partial charge in [0, 0.05) is 43.4 Å². The quantitative estimate of drug-likeness (QED) is 0.908. The molecule has 1 fully saturated rings. The summed E-state index contributed by atoms with van der Waals surface area (Å²) >= 11 is 1.42. The number of urea groups is 1.